The largest absolute Gasteiger partial charge is 0.497 e. The molecule has 2 atom stereocenters. The summed E-state index contributed by atoms with van der Waals surface area (Å²) in [5, 5.41) is 3.08. The van der Waals surface area contributed by atoms with Crippen LogP contribution in [0.3, 0.4) is 0 Å². The molecule has 0 amide bonds. The van der Waals surface area contributed by atoms with Crippen molar-refractivity contribution >= 4 is 17.4 Å². The number of hydrogen-bond acceptors (Lipinski definition) is 5. The second kappa shape index (κ2) is 8.29. The molecular weight excluding hydrogens is 270 g/mol. The minimum atomic E-state index is -0.689. The molecule has 21 heavy (non-hydrogen) atoms. The number of nitrogens with one attached hydrogen (secondary N) is 1. The summed E-state index contributed by atoms with van der Waals surface area (Å²) < 4.78 is 10.1. The average molecular weight is 293 g/mol. The third kappa shape index (κ3) is 4.77. The minimum absolute atomic E-state index is 0.0223. The Bertz CT molecular complexity index is 470. The summed E-state index contributed by atoms with van der Waals surface area (Å²) in [4.78, 5) is 24.0. The van der Waals surface area contributed by atoms with Gasteiger partial charge in [0.2, 0.25) is 0 Å². The van der Waals surface area contributed by atoms with E-state index in [4.69, 9.17) is 9.47 Å². The van der Waals surface area contributed by atoms with Crippen molar-refractivity contribution in [2.45, 2.75) is 33.2 Å². The molecule has 116 valence electrons. The van der Waals surface area contributed by atoms with Crippen LogP contribution in [0.2, 0.25) is 0 Å². The maximum Gasteiger partial charge on any atom is 0.329 e. The lowest BCUT2D eigenvalue weighted by Gasteiger charge is -2.23. The van der Waals surface area contributed by atoms with Gasteiger partial charge in [0.05, 0.1) is 13.7 Å². The number of ether oxygens (including phenoxy) is 2. The molecule has 0 heterocycles. The first-order chi connectivity index (χ1) is 10.0. The maximum atomic E-state index is 12.1. The highest BCUT2D eigenvalue weighted by molar-refractivity contribution is 5.90. The zero-order chi connectivity index (χ0) is 15.8. The summed E-state index contributed by atoms with van der Waals surface area (Å²) in [5.74, 6) is -0.112. The Morgan fingerprint density at radius 3 is 2.29 bits per heavy atom. The van der Waals surface area contributed by atoms with Crippen LogP contribution in [0, 0.1) is 5.92 Å². The van der Waals surface area contributed by atoms with Gasteiger partial charge in [-0.15, -0.1) is 0 Å². The molecule has 0 aliphatic heterocycles. The Kier molecular flexibility index (Phi) is 6.72. The Morgan fingerprint density at radius 2 is 1.81 bits per heavy atom. The standard InChI is InChI=1S/C16H23NO4/c1-5-14(18)11(3)15(16(19)21-6-2)17-12-7-9-13(20-4)10-8-12/h7-11,15,17H,5-6H2,1-4H3/t11-,15-/m1/s1. The van der Waals surface area contributed by atoms with E-state index in [1.807, 2.05) is 0 Å². The third-order valence-corrected chi connectivity index (χ3v) is 3.31. The van der Waals surface area contributed by atoms with Gasteiger partial charge in [-0.1, -0.05) is 13.8 Å². The van der Waals surface area contributed by atoms with Gasteiger partial charge in [0.15, 0.2) is 0 Å². The van der Waals surface area contributed by atoms with Crippen molar-refractivity contribution in [3.63, 3.8) is 0 Å². The van der Waals surface area contributed by atoms with Gasteiger partial charge in [-0.2, -0.15) is 0 Å². The first-order valence-electron chi connectivity index (χ1n) is 7.13. The predicted octanol–water partition coefficient (Wildman–Crippen LogP) is 2.65. The van der Waals surface area contributed by atoms with Crippen LogP contribution in [-0.4, -0.2) is 31.5 Å². The summed E-state index contributed by atoms with van der Waals surface area (Å²) in [7, 11) is 1.59. The molecule has 0 fully saturated rings. The van der Waals surface area contributed by atoms with E-state index >= 15 is 0 Å². The highest BCUT2D eigenvalue weighted by Crippen LogP contribution is 2.19. The van der Waals surface area contributed by atoms with Gasteiger partial charge >= 0.3 is 5.97 Å². The lowest BCUT2D eigenvalue weighted by Crippen LogP contribution is -2.40. The van der Waals surface area contributed by atoms with E-state index < -0.39 is 17.9 Å². The second-order valence-electron chi connectivity index (χ2n) is 4.71. The van der Waals surface area contributed by atoms with Gasteiger partial charge in [-0.25, -0.2) is 4.79 Å². The topological polar surface area (TPSA) is 64.6 Å². The monoisotopic (exact) mass is 293 g/mol. The van der Waals surface area contributed by atoms with Gasteiger partial charge < -0.3 is 14.8 Å². The van der Waals surface area contributed by atoms with Crippen LogP contribution in [0.5, 0.6) is 5.75 Å². The van der Waals surface area contributed by atoms with Crippen molar-refractivity contribution in [2.75, 3.05) is 19.0 Å². The first kappa shape index (κ1) is 17.0. The molecule has 1 rings (SSSR count). The molecule has 1 N–H and O–H groups in total. The molecule has 1 aromatic rings. The van der Waals surface area contributed by atoms with E-state index in [2.05, 4.69) is 5.32 Å². The molecule has 5 nitrogen and oxygen atoms in total. The summed E-state index contributed by atoms with van der Waals surface area (Å²) in [5.41, 5.74) is 0.740. The number of methoxy groups -OCH3 is 1. The molecule has 1 aromatic carbocycles. The quantitative estimate of drug-likeness (QED) is 0.746. The van der Waals surface area contributed by atoms with Gasteiger partial charge in [0.25, 0.3) is 0 Å². The smallest absolute Gasteiger partial charge is 0.329 e. The number of carbonyl (C=O) groups is 2. The fraction of sp³-hybridized carbons (Fsp3) is 0.500. The van der Waals surface area contributed by atoms with Gasteiger partial charge in [-0.3, -0.25) is 4.79 Å². The van der Waals surface area contributed by atoms with E-state index in [1.165, 1.54) is 0 Å². The summed E-state index contributed by atoms with van der Waals surface area (Å²) in [6.07, 6.45) is 0.390. The summed E-state index contributed by atoms with van der Waals surface area (Å²) in [6.45, 7) is 5.56. The number of hydrogen-bond donors (Lipinski definition) is 1. The molecule has 0 saturated carbocycles. The molecule has 0 aliphatic carbocycles. The molecule has 0 saturated heterocycles. The predicted molar refractivity (Wildman–Crippen MR) is 81.5 cm³/mol. The van der Waals surface area contributed by atoms with Crippen molar-refractivity contribution in [3.05, 3.63) is 24.3 Å². The highest BCUT2D eigenvalue weighted by Gasteiger charge is 2.30. The van der Waals surface area contributed by atoms with Crippen LogP contribution in [0.4, 0.5) is 5.69 Å². The fourth-order valence-electron chi connectivity index (χ4n) is 1.99. The van der Waals surface area contributed by atoms with Crippen LogP contribution in [0.25, 0.3) is 0 Å². The highest BCUT2D eigenvalue weighted by atomic mass is 16.5. The first-order valence-corrected chi connectivity index (χ1v) is 7.13. The van der Waals surface area contributed by atoms with Gasteiger partial charge in [-0.05, 0) is 31.2 Å². The van der Waals surface area contributed by atoms with Crippen molar-refractivity contribution in [2.24, 2.45) is 5.92 Å². The molecule has 0 unspecified atom stereocenters. The number of carbonyl (C=O) groups excluding carboxylic acids is 2. The Balaban J connectivity index is 2.89. The maximum absolute atomic E-state index is 12.1. The minimum Gasteiger partial charge on any atom is -0.497 e. The second-order valence-corrected chi connectivity index (χ2v) is 4.71. The van der Waals surface area contributed by atoms with E-state index in [9.17, 15) is 9.59 Å². The van der Waals surface area contributed by atoms with Crippen LogP contribution in [0.15, 0.2) is 24.3 Å². The van der Waals surface area contributed by atoms with Crippen LogP contribution in [0.1, 0.15) is 27.2 Å². The Hall–Kier alpha value is -2.04. The van der Waals surface area contributed by atoms with Gasteiger partial charge in [0.1, 0.15) is 17.6 Å². The summed E-state index contributed by atoms with van der Waals surface area (Å²) >= 11 is 0. The van der Waals surface area contributed by atoms with E-state index in [0.29, 0.717) is 6.42 Å². The van der Waals surface area contributed by atoms with Crippen molar-refractivity contribution in [3.8, 4) is 5.75 Å². The number of anilines is 1. The van der Waals surface area contributed by atoms with Crippen molar-refractivity contribution in [1.82, 2.24) is 0 Å². The Labute approximate surface area is 125 Å². The number of ketones is 1. The third-order valence-electron chi connectivity index (χ3n) is 3.31. The fourth-order valence-corrected chi connectivity index (χ4v) is 1.99. The normalized spacial score (nSPS) is 13.1. The molecule has 0 radical (unpaired) electrons. The number of benzene rings is 1. The Morgan fingerprint density at radius 1 is 1.19 bits per heavy atom. The number of Topliss-reactive ketones (excluding diaryl/α,β-unsaturated/α-hetero) is 1. The lowest BCUT2D eigenvalue weighted by molar-refractivity contribution is -0.147. The average Bonchev–Trinajstić information content (AvgIpc) is 2.51. The molecule has 5 heteroatoms. The lowest BCUT2D eigenvalue weighted by atomic mass is 9.95. The van der Waals surface area contributed by atoms with Crippen molar-refractivity contribution < 1.29 is 19.1 Å². The molecule has 0 bridgehead atoms. The van der Waals surface area contributed by atoms with E-state index in [-0.39, 0.29) is 12.4 Å². The summed E-state index contributed by atoms with van der Waals surface area (Å²) in [6, 6.07) is 6.49. The van der Waals surface area contributed by atoms with Gasteiger partial charge in [0, 0.05) is 18.0 Å². The zero-order valence-corrected chi connectivity index (χ0v) is 13.0. The number of esters is 1. The molecular formula is C16H23NO4. The van der Waals surface area contributed by atoms with E-state index in [0.717, 1.165) is 11.4 Å². The van der Waals surface area contributed by atoms with Crippen LogP contribution >= 0.6 is 0 Å². The molecule has 0 spiro atoms. The van der Waals surface area contributed by atoms with Crippen LogP contribution in [-0.2, 0) is 14.3 Å². The zero-order valence-electron chi connectivity index (χ0n) is 13.0. The molecule has 0 aromatic heterocycles. The SMILES string of the molecule is CCOC(=O)[C@H](Nc1ccc(OC)cc1)[C@H](C)C(=O)CC. The van der Waals surface area contributed by atoms with E-state index in [1.54, 1.807) is 52.1 Å². The van der Waals surface area contributed by atoms with Crippen LogP contribution < -0.4 is 10.1 Å². The number of rotatable bonds is 8. The van der Waals surface area contributed by atoms with Crippen molar-refractivity contribution in [1.29, 1.82) is 0 Å². The molecule has 0 aliphatic rings.